The Hall–Kier alpha value is -0.960. The normalized spacial score (nSPS) is 23.3. The number of pyridine rings is 1. The van der Waals surface area contributed by atoms with Gasteiger partial charge in [-0.3, -0.25) is 0 Å². The predicted octanol–water partition coefficient (Wildman–Crippen LogP) is 2.05. The number of rotatable bonds is 0. The van der Waals surface area contributed by atoms with Crippen LogP contribution >= 0.6 is 11.6 Å². The van der Waals surface area contributed by atoms with Crippen LogP contribution in [0.15, 0.2) is 6.07 Å². The van der Waals surface area contributed by atoms with Gasteiger partial charge in [0.15, 0.2) is 5.82 Å². The SMILES string of the molecule is Cc1cc2c(nc1Cl)NC1CCN2C1. The molecule has 3 heterocycles. The van der Waals surface area contributed by atoms with Crippen molar-refractivity contribution >= 4 is 23.1 Å². The lowest BCUT2D eigenvalue weighted by Gasteiger charge is -2.28. The van der Waals surface area contributed by atoms with Crippen molar-refractivity contribution in [1.82, 2.24) is 4.98 Å². The highest BCUT2D eigenvalue weighted by molar-refractivity contribution is 6.30. The third kappa shape index (κ3) is 1.08. The third-order valence-corrected chi connectivity index (χ3v) is 3.38. The Morgan fingerprint density at radius 1 is 1.64 bits per heavy atom. The number of aromatic nitrogens is 1. The molecule has 0 saturated carbocycles. The highest BCUT2D eigenvalue weighted by atomic mass is 35.5. The molecule has 4 heteroatoms. The summed E-state index contributed by atoms with van der Waals surface area (Å²) in [4.78, 5) is 6.75. The molecule has 0 amide bonds. The molecule has 2 aliphatic rings. The van der Waals surface area contributed by atoms with Gasteiger partial charge in [-0.05, 0) is 25.0 Å². The molecular formula is C10H12ClN3. The molecule has 1 aromatic heterocycles. The van der Waals surface area contributed by atoms with E-state index < -0.39 is 0 Å². The van der Waals surface area contributed by atoms with Gasteiger partial charge in [0, 0.05) is 19.1 Å². The first-order valence-corrected chi connectivity index (χ1v) is 5.30. The number of nitrogens with one attached hydrogen (secondary N) is 1. The Morgan fingerprint density at radius 2 is 2.50 bits per heavy atom. The van der Waals surface area contributed by atoms with Gasteiger partial charge in [0.25, 0.3) is 0 Å². The fourth-order valence-corrected chi connectivity index (χ4v) is 2.35. The second-order valence-electron chi connectivity index (χ2n) is 4.04. The number of nitrogens with zero attached hydrogens (tertiary/aromatic N) is 2. The molecular weight excluding hydrogens is 198 g/mol. The van der Waals surface area contributed by atoms with Gasteiger partial charge in [-0.25, -0.2) is 4.98 Å². The Kier molecular flexibility index (Phi) is 1.65. The van der Waals surface area contributed by atoms with Crippen LogP contribution in [0.1, 0.15) is 12.0 Å². The topological polar surface area (TPSA) is 28.2 Å². The van der Waals surface area contributed by atoms with E-state index in [9.17, 15) is 0 Å². The lowest BCUT2D eigenvalue weighted by Crippen LogP contribution is -2.32. The molecule has 1 aromatic rings. The molecule has 14 heavy (non-hydrogen) atoms. The molecule has 2 aliphatic heterocycles. The molecule has 0 aromatic carbocycles. The van der Waals surface area contributed by atoms with E-state index in [4.69, 9.17) is 11.6 Å². The molecule has 3 nitrogen and oxygen atoms in total. The minimum absolute atomic E-state index is 0.564. The summed E-state index contributed by atoms with van der Waals surface area (Å²) in [6.07, 6.45) is 1.20. The average molecular weight is 210 g/mol. The first-order valence-electron chi connectivity index (χ1n) is 4.92. The van der Waals surface area contributed by atoms with Gasteiger partial charge in [0.05, 0.1) is 5.69 Å². The first kappa shape index (κ1) is 8.36. The number of hydrogen-bond acceptors (Lipinski definition) is 3. The fourth-order valence-electron chi connectivity index (χ4n) is 2.21. The Balaban J connectivity index is 2.14. The number of halogens is 1. The monoisotopic (exact) mass is 209 g/mol. The average Bonchev–Trinajstić information content (AvgIpc) is 2.54. The maximum absolute atomic E-state index is 5.99. The molecule has 2 bridgehead atoms. The fraction of sp³-hybridized carbons (Fsp3) is 0.500. The second kappa shape index (κ2) is 2.76. The van der Waals surface area contributed by atoms with Gasteiger partial charge < -0.3 is 10.2 Å². The zero-order chi connectivity index (χ0) is 9.71. The summed E-state index contributed by atoms with van der Waals surface area (Å²) >= 11 is 5.99. The summed E-state index contributed by atoms with van der Waals surface area (Å²) in [6.45, 7) is 4.24. The quantitative estimate of drug-likeness (QED) is 0.663. The zero-order valence-corrected chi connectivity index (χ0v) is 8.80. The highest BCUT2D eigenvalue weighted by Crippen LogP contribution is 2.36. The standard InChI is InChI=1S/C10H12ClN3/c1-6-4-8-10(13-9(6)11)12-7-2-3-14(8)5-7/h4,7H,2-3,5H2,1H3,(H,12,13). The van der Waals surface area contributed by atoms with Crippen molar-refractivity contribution in [2.45, 2.75) is 19.4 Å². The Labute approximate surface area is 88.1 Å². The van der Waals surface area contributed by atoms with Crippen molar-refractivity contribution in [2.24, 2.45) is 0 Å². The Bertz CT molecular complexity index is 391. The second-order valence-corrected chi connectivity index (χ2v) is 4.40. The van der Waals surface area contributed by atoms with Gasteiger partial charge in [-0.1, -0.05) is 11.6 Å². The van der Waals surface area contributed by atoms with E-state index in [0.29, 0.717) is 11.2 Å². The number of aryl methyl sites for hydroxylation is 1. The van der Waals surface area contributed by atoms with Crippen LogP contribution in [0.3, 0.4) is 0 Å². The lowest BCUT2D eigenvalue weighted by molar-refractivity contribution is 0.787. The van der Waals surface area contributed by atoms with E-state index in [2.05, 4.69) is 21.3 Å². The molecule has 3 rings (SSSR count). The summed E-state index contributed by atoms with van der Waals surface area (Å²) in [6, 6.07) is 2.69. The van der Waals surface area contributed by atoms with Crippen LogP contribution in [0, 0.1) is 6.92 Å². The number of hydrogen-bond donors (Lipinski definition) is 1. The van der Waals surface area contributed by atoms with Gasteiger partial charge in [0.2, 0.25) is 0 Å². The smallest absolute Gasteiger partial charge is 0.151 e. The Morgan fingerprint density at radius 3 is 3.36 bits per heavy atom. The third-order valence-electron chi connectivity index (χ3n) is 3.00. The van der Waals surface area contributed by atoms with E-state index in [1.54, 1.807) is 0 Å². The van der Waals surface area contributed by atoms with E-state index in [1.165, 1.54) is 12.1 Å². The van der Waals surface area contributed by atoms with E-state index >= 15 is 0 Å². The first-order chi connectivity index (χ1) is 6.74. The number of anilines is 2. The van der Waals surface area contributed by atoms with Crippen LogP contribution in [-0.2, 0) is 0 Å². The number of fused-ring (bicyclic) bond motifs is 4. The predicted molar refractivity (Wildman–Crippen MR) is 58.2 cm³/mol. The van der Waals surface area contributed by atoms with E-state index in [-0.39, 0.29) is 0 Å². The van der Waals surface area contributed by atoms with Gasteiger partial charge in [0.1, 0.15) is 5.15 Å². The minimum atomic E-state index is 0.564. The van der Waals surface area contributed by atoms with E-state index in [1.807, 2.05) is 6.92 Å². The van der Waals surface area contributed by atoms with Crippen molar-refractivity contribution in [1.29, 1.82) is 0 Å². The van der Waals surface area contributed by atoms with Crippen molar-refractivity contribution < 1.29 is 0 Å². The molecule has 1 unspecified atom stereocenters. The maximum Gasteiger partial charge on any atom is 0.151 e. The van der Waals surface area contributed by atoms with Crippen LogP contribution in [0.5, 0.6) is 0 Å². The van der Waals surface area contributed by atoms with Crippen LogP contribution in [0.25, 0.3) is 0 Å². The minimum Gasteiger partial charge on any atom is -0.366 e. The van der Waals surface area contributed by atoms with E-state index in [0.717, 1.165) is 24.5 Å². The largest absolute Gasteiger partial charge is 0.366 e. The molecule has 74 valence electrons. The molecule has 1 atom stereocenters. The van der Waals surface area contributed by atoms with Crippen molar-refractivity contribution in [2.75, 3.05) is 23.3 Å². The van der Waals surface area contributed by atoms with Crippen molar-refractivity contribution in [3.05, 3.63) is 16.8 Å². The molecule has 1 N–H and O–H groups in total. The van der Waals surface area contributed by atoms with Crippen LogP contribution in [0.4, 0.5) is 11.5 Å². The summed E-state index contributed by atoms with van der Waals surface area (Å²) in [7, 11) is 0. The van der Waals surface area contributed by atoms with Crippen LogP contribution < -0.4 is 10.2 Å². The maximum atomic E-state index is 5.99. The van der Waals surface area contributed by atoms with Gasteiger partial charge in [-0.2, -0.15) is 0 Å². The van der Waals surface area contributed by atoms with Crippen LogP contribution in [-0.4, -0.2) is 24.1 Å². The molecule has 0 radical (unpaired) electrons. The molecule has 0 spiro atoms. The van der Waals surface area contributed by atoms with Gasteiger partial charge >= 0.3 is 0 Å². The summed E-state index contributed by atoms with van der Waals surface area (Å²) in [5.41, 5.74) is 2.26. The molecule has 1 fully saturated rings. The van der Waals surface area contributed by atoms with Gasteiger partial charge in [-0.15, -0.1) is 0 Å². The zero-order valence-electron chi connectivity index (χ0n) is 8.05. The summed E-state index contributed by atoms with van der Waals surface area (Å²) < 4.78 is 0. The van der Waals surface area contributed by atoms with Crippen molar-refractivity contribution in [3.8, 4) is 0 Å². The highest BCUT2D eigenvalue weighted by Gasteiger charge is 2.30. The summed E-state index contributed by atoms with van der Waals surface area (Å²) in [5, 5.41) is 4.03. The molecule has 0 aliphatic carbocycles. The molecule has 1 saturated heterocycles. The van der Waals surface area contributed by atoms with Crippen molar-refractivity contribution in [3.63, 3.8) is 0 Å². The summed E-state index contributed by atoms with van der Waals surface area (Å²) in [5.74, 6) is 0.953. The lowest BCUT2D eigenvalue weighted by atomic mass is 10.2. The van der Waals surface area contributed by atoms with Crippen LogP contribution in [0.2, 0.25) is 5.15 Å².